The number of methoxy groups -OCH3 is 2. The average molecular weight is 333 g/mol. The molecule has 0 spiro atoms. The molecular weight excluding hydrogens is 312 g/mol. The van der Waals surface area contributed by atoms with Gasteiger partial charge in [-0.25, -0.2) is 0 Å². The lowest BCUT2D eigenvalue weighted by Gasteiger charge is -2.19. The minimum atomic E-state index is 0.445. The van der Waals surface area contributed by atoms with Crippen molar-refractivity contribution in [2.24, 2.45) is 0 Å². The normalized spacial score (nSPS) is 18.1. The molecule has 2 aromatic rings. The first-order valence-electron chi connectivity index (χ1n) is 7.74. The van der Waals surface area contributed by atoms with Crippen LogP contribution >= 0.6 is 11.6 Å². The van der Waals surface area contributed by atoms with Gasteiger partial charge in [-0.05, 0) is 30.7 Å². The number of pyridine rings is 1. The summed E-state index contributed by atoms with van der Waals surface area (Å²) in [6.07, 6.45) is 4.60. The smallest absolute Gasteiger partial charge is 0.164 e. The van der Waals surface area contributed by atoms with Crippen LogP contribution in [0.3, 0.4) is 0 Å². The first kappa shape index (κ1) is 16.1. The van der Waals surface area contributed by atoms with Crippen molar-refractivity contribution in [1.29, 1.82) is 0 Å². The van der Waals surface area contributed by atoms with Crippen LogP contribution in [0.15, 0.2) is 36.7 Å². The number of benzene rings is 1. The van der Waals surface area contributed by atoms with E-state index in [1.165, 1.54) is 5.56 Å². The summed E-state index contributed by atoms with van der Waals surface area (Å²) in [5.41, 5.74) is 2.34. The summed E-state index contributed by atoms with van der Waals surface area (Å²) in [6, 6.07) is 8.08. The van der Waals surface area contributed by atoms with Crippen LogP contribution in [0.4, 0.5) is 0 Å². The van der Waals surface area contributed by atoms with E-state index in [1.807, 2.05) is 18.2 Å². The molecule has 2 heterocycles. The van der Waals surface area contributed by atoms with Crippen LogP contribution in [0.1, 0.15) is 23.5 Å². The summed E-state index contributed by atoms with van der Waals surface area (Å²) in [5, 5.41) is 0.731. The van der Waals surface area contributed by atoms with Crippen LogP contribution in [0, 0.1) is 0 Å². The van der Waals surface area contributed by atoms with E-state index in [2.05, 4.69) is 16.0 Å². The average Bonchev–Trinajstić information content (AvgIpc) is 3.04. The van der Waals surface area contributed by atoms with Gasteiger partial charge in [-0.1, -0.05) is 23.7 Å². The predicted molar refractivity (Wildman–Crippen MR) is 91.4 cm³/mol. The third-order valence-corrected chi connectivity index (χ3v) is 4.74. The number of halogens is 1. The molecule has 1 fully saturated rings. The van der Waals surface area contributed by atoms with E-state index in [4.69, 9.17) is 21.1 Å². The zero-order valence-corrected chi connectivity index (χ0v) is 14.2. The Morgan fingerprint density at radius 3 is 2.87 bits per heavy atom. The van der Waals surface area contributed by atoms with Gasteiger partial charge in [0.15, 0.2) is 11.5 Å². The van der Waals surface area contributed by atoms with Gasteiger partial charge in [-0.2, -0.15) is 0 Å². The summed E-state index contributed by atoms with van der Waals surface area (Å²) in [6.45, 7) is 2.88. The van der Waals surface area contributed by atoms with Crippen molar-refractivity contribution in [3.05, 3.63) is 52.8 Å². The molecular formula is C18H21ClN2O2. The van der Waals surface area contributed by atoms with E-state index in [0.717, 1.165) is 48.1 Å². The number of likely N-dealkylation sites (tertiary alicyclic amines) is 1. The number of aromatic nitrogens is 1. The molecule has 0 unspecified atom stereocenters. The minimum Gasteiger partial charge on any atom is -0.493 e. The van der Waals surface area contributed by atoms with E-state index in [1.54, 1.807) is 26.6 Å². The molecule has 0 N–H and O–H groups in total. The Bertz CT molecular complexity index is 678. The highest BCUT2D eigenvalue weighted by atomic mass is 35.5. The van der Waals surface area contributed by atoms with Crippen molar-refractivity contribution in [3.8, 4) is 11.5 Å². The lowest BCUT2D eigenvalue weighted by atomic mass is 9.97. The molecule has 5 heteroatoms. The van der Waals surface area contributed by atoms with Gasteiger partial charge < -0.3 is 9.47 Å². The van der Waals surface area contributed by atoms with Gasteiger partial charge in [0.1, 0.15) is 0 Å². The maximum Gasteiger partial charge on any atom is 0.164 e. The third kappa shape index (κ3) is 3.43. The second-order valence-corrected chi connectivity index (χ2v) is 6.18. The topological polar surface area (TPSA) is 34.6 Å². The Balaban J connectivity index is 1.74. The minimum absolute atomic E-state index is 0.445. The summed E-state index contributed by atoms with van der Waals surface area (Å²) >= 11 is 6.22. The quantitative estimate of drug-likeness (QED) is 0.835. The van der Waals surface area contributed by atoms with Gasteiger partial charge in [-0.15, -0.1) is 0 Å². The molecule has 0 saturated carbocycles. The van der Waals surface area contributed by atoms with Crippen molar-refractivity contribution in [3.63, 3.8) is 0 Å². The van der Waals surface area contributed by atoms with E-state index in [0.29, 0.717) is 5.92 Å². The lowest BCUT2D eigenvalue weighted by Crippen LogP contribution is -2.20. The van der Waals surface area contributed by atoms with Gasteiger partial charge in [-0.3, -0.25) is 9.88 Å². The van der Waals surface area contributed by atoms with Crippen molar-refractivity contribution >= 4 is 11.6 Å². The lowest BCUT2D eigenvalue weighted by molar-refractivity contribution is 0.323. The molecule has 3 rings (SSSR count). The zero-order chi connectivity index (χ0) is 16.2. The largest absolute Gasteiger partial charge is 0.493 e. The predicted octanol–water partition coefficient (Wildman–Crippen LogP) is 3.74. The summed E-state index contributed by atoms with van der Waals surface area (Å²) in [7, 11) is 3.37. The van der Waals surface area contributed by atoms with E-state index in [-0.39, 0.29) is 0 Å². The maximum absolute atomic E-state index is 6.22. The van der Waals surface area contributed by atoms with Crippen LogP contribution in [-0.4, -0.2) is 37.2 Å². The summed E-state index contributed by atoms with van der Waals surface area (Å²) in [5.74, 6) is 2.09. The zero-order valence-electron chi connectivity index (χ0n) is 13.5. The number of hydrogen-bond acceptors (Lipinski definition) is 4. The standard InChI is InChI=1S/C18H21ClN2O2/c1-22-17-5-3-4-15(18(17)23-2)13-7-9-21(11-13)12-14-6-8-20-10-16(14)19/h3-6,8,10,13H,7,9,11-12H2,1-2H3/t13-/m0/s1. The SMILES string of the molecule is COc1cccc([C@H]2CCN(Cc3ccncc3Cl)C2)c1OC. The fraction of sp³-hybridized carbons (Fsp3) is 0.389. The van der Waals surface area contributed by atoms with Gasteiger partial charge in [0, 0.05) is 37.0 Å². The molecule has 0 aliphatic carbocycles. The Morgan fingerprint density at radius 2 is 2.13 bits per heavy atom. The molecule has 0 amide bonds. The fourth-order valence-electron chi connectivity index (χ4n) is 3.24. The number of para-hydroxylation sites is 1. The van der Waals surface area contributed by atoms with Crippen LogP contribution in [0.25, 0.3) is 0 Å². The van der Waals surface area contributed by atoms with Crippen LogP contribution in [-0.2, 0) is 6.54 Å². The molecule has 23 heavy (non-hydrogen) atoms. The molecule has 1 atom stereocenters. The van der Waals surface area contributed by atoms with Crippen molar-refractivity contribution in [1.82, 2.24) is 9.88 Å². The number of hydrogen-bond donors (Lipinski definition) is 0. The van der Waals surface area contributed by atoms with Gasteiger partial charge in [0.05, 0.1) is 19.2 Å². The highest BCUT2D eigenvalue weighted by Gasteiger charge is 2.27. The Morgan fingerprint density at radius 1 is 1.26 bits per heavy atom. The van der Waals surface area contributed by atoms with Crippen molar-refractivity contribution in [2.75, 3.05) is 27.3 Å². The third-order valence-electron chi connectivity index (χ3n) is 4.40. The van der Waals surface area contributed by atoms with Crippen molar-refractivity contribution in [2.45, 2.75) is 18.9 Å². The Hall–Kier alpha value is -1.78. The second kappa shape index (κ2) is 7.20. The van der Waals surface area contributed by atoms with Crippen LogP contribution < -0.4 is 9.47 Å². The second-order valence-electron chi connectivity index (χ2n) is 5.77. The molecule has 1 aromatic carbocycles. The molecule has 1 aromatic heterocycles. The van der Waals surface area contributed by atoms with Gasteiger partial charge in [0.2, 0.25) is 0 Å². The van der Waals surface area contributed by atoms with E-state index >= 15 is 0 Å². The highest BCUT2D eigenvalue weighted by molar-refractivity contribution is 6.31. The molecule has 1 aliphatic rings. The van der Waals surface area contributed by atoms with E-state index < -0.39 is 0 Å². The van der Waals surface area contributed by atoms with Gasteiger partial charge >= 0.3 is 0 Å². The molecule has 1 saturated heterocycles. The number of ether oxygens (including phenoxy) is 2. The first-order chi connectivity index (χ1) is 11.2. The molecule has 122 valence electrons. The van der Waals surface area contributed by atoms with Crippen molar-refractivity contribution < 1.29 is 9.47 Å². The maximum atomic E-state index is 6.22. The number of nitrogens with zero attached hydrogens (tertiary/aromatic N) is 2. The molecule has 1 aliphatic heterocycles. The highest BCUT2D eigenvalue weighted by Crippen LogP contribution is 2.39. The van der Waals surface area contributed by atoms with Crippen LogP contribution in [0.5, 0.6) is 11.5 Å². The Kier molecular flexibility index (Phi) is 5.03. The van der Waals surface area contributed by atoms with E-state index in [9.17, 15) is 0 Å². The monoisotopic (exact) mass is 332 g/mol. The Labute approximate surface area is 142 Å². The van der Waals surface area contributed by atoms with Gasteiger partial charge in [0.25, 0.3) is 0 Å². The number of rotatable bonds is 5. The summed E-state index contributed by atoms with van der Waals surface area (Å²) in [4.78, 5) is 6.46. The molecule has 4 nitrogen and oxygen atoms in total. The fourth-order valence-corrected chi connectivity index (χ4v) is 3.42. The summed E-state index contributed by atoms with van der Waals surface area (Å²) < 4.78 is 11.0. The van der Waals surface area contributed by atoms with Crippen LogP contribution in [0.2, 0.25) is 5.02 Å². The molecule has 0 radical (unpaired) electrons. The molecule has 0 bridgehead atoms. The first-order valence-corrected chi connectivity index (χ1v) is 8.12.